The van der Waals surface area contributed by atoms with Crippen LogP contribution < -0.4 is 5.30 Å². The molecule has 5 aromatic rings. The summed E-state index contributed by atoms with van der Waals surface area (Å²) in [6, 6.07) is 31.3. The maximum atomic E-state index is 15.6. The van der Waals surface area contributed by atoms with Crippen molar-refractivity contribution in [3.63, 3.8) is 0 Å². The number of benzene rings is 3. The van der Waals surface area contributed by atoms with E-state index in [0.717, 1.165) is 57.8 Å². The van der Waals surface area contributed by atoms with Gasteiger partial charge in [0.2, 0.25) is 0 Å². The van der Waals surface area contributed by atoms with Gasteiger partial charge in [-0.25, -0.2) is 0 Å². The molecule has 3 heterocycles. The van der Waals surface area contributed by atoms with Crippen LogP contribution in [0.3, 0.4) is 0 Å². The van der Waals surface area contributed by atoms with Crippen molar-refractivity contribution in [3.8, 4) is 0 Å². The molecule has 1 aliphatic heterocycles. The van der Waals surface area contributed by atoms with Crippen LogP contribution in [-0.4, -0.2) is 8.68 Å². The van der Waals surface area contributed by atoms with Crippen LogP contribution in [0.25, 0.3) is 33.0 Å². The molecule has 7 rings (SSSR count). The minimum absolute atomic E-state index is 0.862. The fraction of sp³-hybridized carbons (Fsp3) is 0.111. The summed E-state index contributed by atoms with van der Waals surface area (Å²) in [7, 11) is -3.25. The maximum Gasteiger partial charge on any atom is 0.301 e. The lowest BCUT2D eigenvalue weighted by Gasteiger charge is -2.26. The molecule has 0 bridgehead atoms. The molecule has 0 unspecified atom stereocenters. The van der Waals surface area contributed by atoms with Crippen molar-refractivity contribution < 1.29 is 4.57 Å². The summed E-state index contributed by atoms with van der Waals surface area (Å²) < 4.78 is 19.9. The number of rotatable bonds is 1. The standard InChI is InChI=1S/C27H21N2OP/c30-31(21-11-2-1-3-12-21)28-24-15-6-4-9-19(24)17-26(28)22-13-8-14-23(22)27-18-20-10-5-7-16-25(20)29(27)31/h1-7,9-12,15-18H,8,13-14H2. The van der Waals surface area contributed by atoms with E-state index in [9.17, 15) is 0 Å². The topological polar surface area (TPSA) is 26.9 Å². The van der Waals surface area contributed by atoms with Crippen molar-refractivity contribution in [3.05, 3.63) is 102 Å². The number of nitrogens with zero attached hydrogens (tertiary/aromatic N) is 2. The summed E-state index contributed by atoms with van der Waals surface area (Å²) in [4.78, 5) is 0. The largest absolute Gasteiger partial charge is 0.301 e. The van der Waals surface area contributed by atoms with Crippen LogP contribution in [0.5, 0.6) is 0 Å². The molecule has 0 spiro atoms. The van der Waals surface area contributed by atoms with E-state index in [4.69, 9.17) is 0 Å². The van der Waals surface area contributed by atoms with Gasteiger partial charge >= 0.3 is 7.44 Å². The minimum Gasteiger partial charge on any atom is -0.271 e. The lowest BCUT2D eigenvalue weighted by atomic mass is 10.1. The fourth-order valence-corrected chi connectivity index (χ4v) is 8.64. The van der Waals surface area contributed by atoms with E-state index in [1.54, 1.807) is 0 Å². The molecule has 150 valence electrons. The molecule has 2 aromatic heterocycles. The Morgan fingerprint density at radius 1 is 0.613 bits per heavy atom. The Kier molecular flexibility index (Phi) is 3.43. The Morgan fingerprint density at radius 3 is 1.65 bits per heavy atom. The third-order valence-corrected chi connectivity index (χ3v) is 9.76. The highest BCUT2D eigenvalue weighted by molar-refractivity contribution is 7.69. The highest BCUT2D eigenvalue weighted by Crippen LogP contribution is 2.60. The second kappa shape index (κ2) is 6.12. The van der Waals surface area contributed by atoms with Crippen molar-refractivity contribution in [1.82, 2.24) is 8.68 Å². The molecule has 0 N–H and O–H groups in total. The summed E-state index contributed by atoms with van der Waals surface area (Å²) >= 11 is 0. The van der Waals surface area contributed by atoms with Gasteiger partial charge in [0.05, 0.1) is 27.7 Å². The van der Waals surface area contributed by atoms with Gasteiger partial charge in [0.15, 0.2) is 0 Å². The van der Waals surface area contributed by atoms with Crippen LogP contribution in [-0.2, 0) is 4.57 Å². The lowest BCUT2D eigenvalue weighted by molar-refractivity contribution is 0.570. The summed E-state index contributed by atoms with van der Waals surface area (Å²) in [6.45, 7) is 0. The summed E-state index contributed by atoms with van der Waals surface area (Å²) in [5.41, 5.74) is 7.02. The van der Waals surface area contributed by atoms with Crippen LogP contribution in [0.2, 0.25) is 0 Å². The maximum absolute atomic E-state index is 15.6. The van der Waals surface area contributed by atoms with Gasteiger partial charge in [0.1, 0.15) is 0 Å². The Labute approximate surface area is 180 Å². The van der Waals surface area contributed by atoms with Crippen LogP contribution in [0.1, 0.15) is 30.7 Å². The zero-order valence-electron chi connectivity index (χ0n) is 17.0. The molecular weight excluding hydrogens is 399 g/mol. The molecule has 3 aromatic carbocycles. The first-order valence-electron chi connectivity index (χ1n) is 10.9. The molecule has 0 saturated heterocycles. The lowest BCUT2D eigenvalue weighted by Crippen LogP contribution is -2.19. The number of hydrogen-bond acceptors (Lipinski definition) is 1. The number of hydrogen-bond donors (Lipinski definition) is 0. The molecule has 2 aliphatic rings. The normalized spacial score (nSPS) is 16.9. The second-order valence-corrected chi connectivity index (χ2v) is 10.9. The van der Waals surface area contributed by atoms with Crippen LogP contribution in [0, 0.1) is 0 Å². The molecule has 0 atom stereocenters. The molecule has 1 aliphatic carbocycles. The molecule has 0 radical (unpaired) electrons. The van der Waals surface area contributed by atoms with Crippen molar-refractivity contribution in [2.24, 2.45) is 0 Å². The van der Waals surface area contributed by atoms with Gasteiger partial charge in [-0.05, 0) is 66.8 Å². The van der Waals surface area contributed by atoms with E-state index in [2.05, 4.69) is 69.3 Å². The molecule has 0 fully saturated rings. The molecule has 0 amide bonds. The zero-order chi connectivity index (χ0) is 20.6. The van der Waals surface area contributed by atoms with Gasteiger partial charge in [-0.2, -0.15) is 0 Å². The minimum atomic E-state index is -3.25. The molecule has 4 heteroatoms. The number of aromatic nitrogens is 2. The fourth-order valence-electron chi connectivity index (χ4n) is 5.55. The Balaban J connectivity index is 1.75. The SMILES string of the molecule is O=P1(c2ccccc2)n2c(cc3ccccc32)C2=C(CCC2)c2cc3ccccc3n21. The average Bonchev–Trinajstić information content (AvgIpc) is 3.52. The van der Waals surface area contributed by atoms with E-state index in [0.29, 0.717) is 0 Å². The number of fused-ring (bicyclic) bond motifs is 8. The first-order valence-corrected chi connectivity index (χ1v) is 12.5. The highest BCUT2D eigenvalue weighted by Gasteiger charge is 2.40. The molecule has 3 nitrogen and oxygen atoms in total. The molecular formula is C27H21N2OP. The van der Waals surface area contributed by atoms with Crippen LogP contribution in [0.4, 0.5) is 0 Å². The smallest absolute Gasteiger partial charge is 0.271 e. The molecule has 0 saturated carbocycles. The van der Waals surface area contributed by atoms with E-state index in [-0.39, 0.29) is 0 Å². The van der Waals surface area contributed by atoms with E-state index in [1.807, 2.05) is 30.3 Å². The highest BCUT2D eigenvalue weighted by atomic mass is 31.2. The van der Waals surface area contributed by atoms with Crippen LogP contribution >= 0.6 is 7.44 Å². The number of para-hydroxylation sites is 2. The Morgan fingerprint density at radius 2 is 1.10 bits per heavy atom. The summed E-state index contributed by atoms with van der Waals surface area (Å²) in [6.07, 6.45) is 3.20. The Bertz CT molecular complexity index is 1490. The van der Waals surface area contributed by atoms with Gasteiger partial charge in [-0.3, -0.25) is 13.2 Å². The van der Waals surface area contributed by atoms with Crippen molar-refractivity contribution in [2.75, 3.05) is 0 Å². The third kappa shape index (κ3) is 2.17. The first-order chi connectivity index (χ1) is 15.3. The Hall–Kier alpha value is -3.29. The van der Waals surface area contributed by atoms with Gasteiger partial charge in [0, 0.05) is 10.8 Å². The quantitative estimate of drug-likeness (QED) is 0.270. The van der Waals surface area contributed by atoms with E-state index < -0.39 is 7.44 Å². The van der Waals surface area contributed by atoms with Crippen molar-refractivity contribution >= 4 is 45.7 Å². The van der Waals surface area contributed by atoms with Gasteiger partial charge in [-0.1, -0.05) is 54.6 Å². The monoisotopic (exact) mass is 420 g/mol. The van der Waals surface area contributed by atoms with Gasteiger partial charge in [0.25, 0.3) is 0 Å². The predicted molar refractivity (Wildman–Crippen MR) is 129 cm³/mol. The van der Waals surface area contributed by atoms with Crippen molar-refractivity contribution in [1.29, 1.82) is 0 Å². The number of allylic oxidation sites excluding steroid dienone is 2. The molecule has 31 heavy (non-hydrogen) atoms. The van der Waals surface area contributed by atoms with Crippen LogP contribution in [0.15, 0.2) is 91.0 Å². The van der Waals surface area contributed by atoms with Crippen molar-refractivity contribution in [2.45, 2.75) is 19.3 Å². The summed E-state index contributed by atoms with van der Waals surface area (Å²) in [5.74, 6) is 0. The van der Waals surface area contributed by atoms with Gasteiger partial charge in [-0.15, -0.1) is 0 Å². The zero-order valence-corrected chi connectivity index (χ0v) is 17.9. The third-order valence-electron chi connectivity index (χ3n) is 6.84. The second-order valence-electron chi connectivity index (χ2n) is 8.49. The van der Waals surface area contributed by atoms with E-state index >= 15 is 4.57 Å². The average molecular weight is 420 g/mol. The summed E-state index contributed by atoms with van der Waals surface area (Å²) in [5, 5.41) is 3.15. The predicted octanol–water partition coefficient (Wildman–Crippen LogP) is 6.92. The van der Waals surface area contributed by atoms with Gasteiger partial charge < -0.3 is 0 Å². The van der Waals surface area contributed by atoms with E-state index in [1.165, 1.54) is 11.1 Å². The first kappa shape index (κ1) is 17.4.